The van der Waals surface area contributed by atoms with Gasteiger partial charge in [-0.15, -0.1) is 0 Å². The van der Waals surface area contributed by atoms with Crippen LogP contribution >= 0.6 is 0 Å². The fourth-order valence-electron chi connectivity index (χ4n) is 6.13. The van der Waals surface area contributed by atoms with E-state index in [1.807, 2.05) is 0 Å². The molecule has 3 heterocycles. The van der Waals surface area contributed by atoms with Crippen LogP contribution in [0.3, 0.4) is 0 Å². The van der Waals surface area contributed by atoms with E-state index in [2.05, 4.69) is 6.58 Å². The molecule has 160 valence electrons. The normalized spacial score (nSPS) is 40.3. The summed E-state index contributed by atoms with van der Waals surface area (Å²) in [7, 11) is 0. The molecule has 0 aromatic carbocycles. The van der Waals surface area contributed by atoms with Gasteiger partial charge in [0.05, 0.1) is 30.7 Å². The molecule has 1 aromatic heterocycles. The molecule has 3 fully saturated rings. The van der Waals surface area contributed by atoms with E-state index < -0.39 is 47.4 Å². The van der Waals surface area contributed by atoms with Crippen molar-refractivity contribution in [2.24, 2.45) is 16.7 Å². The number of esters is 2. The fourth-order valence-corrected chi connectivity index (χ4v) is 6.13. The van der Waals surface area contributed by atoms with Gasteiger partial charge in [0.1, 0.15) is 12.2 Å². The number of rotatable bonds is 4. The summed E-state index contributed by atoms with van der Waals surface area (Å²) in [6.45, 7) is 5.67. The maximum atomic E-state index is 12.6. The Morgan fingerprint density at radius 3 is 2.93 bits per heavy atom. The van der Waals surface area contributed by atoms with E-state index in [0.717, 1.165) is 0 Å². The number of ether oxygens (including phenoxy) is 3. The van der Waals surface area contributed by atoms with Crippen LogP contribution in [0.4, 0.5) is 0 Å². The number of carbonyl (C=O) groups excluding carboxylic acids is 2. The molecule has 5 rings (SSSR count). The molecule has 1 spiro atoms. The minimum absolute atomic E-state index is 0.118. The van der Waals surface area contributed by atoms with E-state index >= 15 is 0 Å². The lowest BCUT2D eigenvalue weighted by Gasteiger charge is -2.62. The van der Waals surface area contributed by atoms with Gasteiger partial charge in [-0.1, -0.05) is 12.2 Å². The molecule has 30 heavy (non-hydrogen) atoms. The molecule has 7 atom stereocenters. The zero-order chi connectivity index (χ0) is 21.3. The third-order valence-corrected chi connectivity index (χ3v) is 7.38. The maximum Gasteiger partial charge on any atom is 0.334 e. The van der Waals surface area contributed by atoms with Crippen LogP contribution in [0.25, 0.3) is 0 Å². The molecule has 8 nitrogen and oxygen atoms in total. The molecule has 2 aliphatic heterocycles. The average molecular weight is 416 g/mol. The minimum atomic E-state index is -1.23. The molecular weight excluding hydrogens is 392 g/mol. The summed E-state index contributed by atoms with van der Waals surface area (Å²) in [6.07, 6.45) is 2.14. The highest BCUT2D eigenvalue weighted by Crippen LogP contribution is 2.69. The van der Waals surface area contributed by atoms with Gasteiger partial charge in [-0.05, 0) is 24.5 Å². The summed E-state index contributed by atoms with van der Waals surface area (Å²) in [4.78, 5) is 24.4. The highest BCUT2D eigenvalue weighted by atomic mass is 16.6. The quantitative estimate of drug-likeness (QED) is 0.564. The molecule has 2 bridgehead atoms. The second kappa shape index (κ2) is 6.54. The Balaban J connectivity index is 1.64. The molecule has 4 aliphatic rings. The molecule has 2 saturated heterocycles. The number of carbonyl (C=O) groups is 2. The lowest BCUT2D eigenvalue weighted by molar-refractivity contribution is -0.284. The summed E-state index contributed by atoms with van der Waals surface area (Å²) in [6, 6.07) is 1.70. The van der Waals surface area contributed by atoms with E-state index in [1.54, 1.807) is 12.1 Å². The Morgan fingerprint density at radius 1 is 1.43 bits per heavy atom. The van der Waals surface area contributed by atoms with Gasteiger partial charge in [0.2, 0.25) is 0 Å². The first-order valence-electron chi connectivity index (χ1n) is 10.1. The van der Waals surface area contributed by atoms with Crippen molar-refractivity contribution in [1.82, 2.24) is 0 Å². The monoisotopic (exact) mass is 416 g/mol. The van der Waals surface area contributed by atoms with Crippen molar-refractivity contribution in [3.05, 3.63) is 48.0 Å². The molecule has 0 amide bonds. The van der Waals surface area contributed by atoms with Gasteiger partial charge in [-0.25, -0.2) is 4.79 Å². The van der Waals surface area contributed by atoms with Crippen molar-refractivity contribution >= 4 is 11.9 Å². The van der Waals surface area contributed by atoms with E-state index in [-0.39, 0.29) is 18.9 Å². The standard InChI is InChI=1S/C22H24O8/c1-11-5-18-22-10-28-20(26)21(11,8-16(29-12(2)23)13-3-4-27-9-13)17(22)7-14(24)6-15(22)19(25)30-18/h3-4,6,9,14,16-18,20,24,26H,1,5,7-8,10H2,2H3/t14-,16+,17-,18-,20-,21+,22+/m1/s1. The Morgan fingerprint density at radius 2 is 2.23 bits per heavy atom. The Labute approximate surface area is 173 Å². The number of aliphatic hydroxyl groups excluding tert-OH is 2. The highest BCUT2D eigenvalue weighted by Gasteiger charge is 2.72. The molecule has 1 saturated carbocycles. The molecule has 8 heteroatoms. The summed E-state index contributed by atoms with van der Waals surface area (Å²) in [5.74, 6) is -1.30. The van der Waals surface area contributed by atoms with Gasteiger partial charge in [0.25, 0.3) is 0 Å². The summed E-state index contributed by atoms with van der Waals surface area (Å²) < 4.78 is 22.3. The number of aliphatic hydroxyl groups is 2. The smallest absolute Gasteiger partial charge is 0.334 e. The predicted molar refractivity (Wildman–Crippen MR) is 100 cm³/mol. The van der Waals surface area contributed by atoms with Gasteiger partial charge >= 0.3 is 11.9 Å². The van der Waals surface area contributed by atoms with Crippen LogP contribution in [0.1, 0.15) is 37.9 Å². The zero-order valence-electron chi connectivity index (χ0n) is 16.6. The van der Waals surface area contributed by atoms with Crippen molar-refractivity contribution in [1.29, 1.82) is 0 Å². The van der Waals surface area contributed by atoms with Gasteiger partial charge in [-0.2, -0.15) is 0 Å². The van der Waals surface area contributed by atoms with Crippen molar-refractivity contribution in [3.63, 3.8) is 0 Å². The Kier molecular flexibility index (Phi) is 4.26. The Hall–Kier alpha value is -2.42. The second-order valence-electron chi connectivity index (χ2n) is 8.74. The predicted octanol–water partition coefficient (Wildman–Crippen LogP) is 1.79. The highest BCUT2D eigenvalue weighted by molar-refractivity contribution is 5.93. The minimum Gasteiger partial charge on any atom is -0.472 e. The van der Waals surface area contributed by atoms with E-state index in [1.165, 1.54) is 19.5 Å². The van der Waals surface area contributed by atoms with Crippen molar-refractivity contribution in [2.75, 3.05) is 6.61 Å². The number of furan rings is 1. The average Bonchev–Trinajstić information content (AvgIpc) is 3.29. The van der Waals surface area contributed by atoms with Crippen LogP contribution < -0.4 is 0 Å². The molecule has 1 aromatic rings. The lowest BCUT2D eigenvalue weighted by Crippen LogP contribution is -2.66. The van der Waals surface area contributed by atoms with E-state index in [0.29, 0.717) is 29.6 Å². The zero-order valence-corrected chi connectivity index (χ0v) is 16.6. The molecule has 0 radical (unpaired) electrons. The summed E-state index contributed by atoms with van der Waals surface area (Å²) >= 11 is 0. The second-order valence-corrected chi connectivity index (χ2v) is 8.74. The van der Waals surface area contributed by atoms with Gasteiger partial charge in [-0.3, -0.25) is 4.79 Å². The van der Waals surface area contributed by atoms with Gasteiger partial charge in [0, 0.05) is 36.3 Å². The van der Waals surface area contributed by atoms with Gasteiger partial charge in [0.15, 0.2) is 6.29 Å². The largest absolute Gasteiger partial charge is 0.472 e. The van der Waals surface area contributed by atoms with Crippen LogP contribution in [0, 0.1) is 16.7 Å². The first-order chi connectivity index (χ1) is 14.3. The SMILES string of the molecule is C=C1C[C@H]2OC(=O)C3=C[C@@H](O)C[C@@H]4[C@@]1(C[C@H](OC(C)=O)c1ccoc1)[C@H](O)OC[C@]342. The van der Waals surface area contributed by atoms with E-state index in [9.17, 15) is 19.8 Å². The van der Waals surface area contributed by atoms with Gasteiger partial charge < -0.3 is 28.8 Å². The van der Waals surface area contributed by atoms with E-state index in [4.69, 9.17) is 18.6 Å². The molecule has 2 aliphatic carbocycles. The van der Waals surface area contributed by atoms with Crippen molar-refractivity contribution < 1.29 is 38.4 Å². The lowest BCUT2D eigenvalue weighted by atomic mass is 9.45. The number of hydrogen-bond acceptors (Lipinski definition) is 8. The third-order valence-electron chi connectivity index (χ3n) is 7.38. The van der Waals surface area contributed by atoms with Crippen LogP contribution in [-0.4, -0.2) is 47.3 Å². The molecule has 0 unspecified atom stereocenters. The topological polar surface area (TPSA) is 115 Å². The Bertz CT molecular complexity index is 933. The first kappa shape index (κ1) is 19.5. The summed E-state index contributed by atoms with van der Waals surface area (Å²) in [5.41, 5.74) is -0.0993. The molecular formula is C22H24O8. The number of hydrogen-bond donors (Lipinski definition) is 2. The van der Waals surface area contributed by atoms with Crippen LogP contribution in [0.5, 0.6) is 0 Å². The maximum absolute atomic E-state index is 12.6. The van der Waals surface area contributed by atoms with Crippen molar-refractivity contribution in [3.8, 4) is 0 Å². The third kappa shape index (κ3) is 2.44. The fraction of sp³-hybridized carbons (Fsp3) is 0.545. The molecule has 2 N–H and O–H groups in total. The first-order valence-corrected chi connectivity index (χ1v) is 10.1. The summed E-state index contributed by atoms with van der Waals surface area (Å²) in [5, 5.41) is 21.7. The van der Waals surface area contributed by atoms with Crippen LogP contribution in [-0.2, 0) is 23.8 Å². The van der Waals surface area contributed by atoms with Crippen LogP contribution in [0.15, 0.2) is 46.8 Å². The van der Waals surface area contributed by atoms with Crippen molar-refractivity contribution in [2.45, 2.75) is 50.8 Å². The van der Waals surface area contributed by atoms with Crippen LogP contribution in [0.2, 0.25) is 0 Å².